The molecule has 2 N–H and O–H groups in total. The Labute approximate surface area is 197 Å². The minimum Gasteiger partial charge on any atom is -0.481 e. The quantitative estimate of drug-likeness (QED) is 0.529. The number of alkyl halides is 3. The van der Waals surface area contributed by atoms with Crippen molar-refractivity contribution >= 4 is 28.5 Å². The second-order valence-electron chi connectivity index (χ2n) is 8.33. The van der Waals surface area contributed by atoms with Gasteiger partial charge in [-0.05, 0) is 31.0 Å². The maximum Gasteiger partial charge on any atom is 0.390 e. The first-order valence-corrected chi connectivity index (χ1v) is 10.9. The molecule has 1 fully saturated rings. The number of hydrogen-bond donors (Lipinski definition) is 2. The third-order valence-electron chi connectivity index (χ3n) is 6.14. The van der Waals surface area contributed by atoms with Gasteiger partial charge in [0, 0.05) is 18.2 Å². The second kappa shape index (κ2) is 9.51. The van der Waals surface area contributed by atoms with Crippen LogP contribution in [0.4, 0.5) is 23.2 Å². The van der Waals surface area contributed by atoms with Gasteiger partial charge in [-0.15, -0.1) is 0 Å². The van der Waals surface area contributed by atoms with Crippen LogP contribution in [-0.2, 0) is 15.0 Å². The number of anilines is 1. The van der Waals surface area contributed by atoms with Gasteiger partial charge in [0.25, 0.3) is 0 Å². The van der Waals surface area contributed by atoms with Gasteiger partial charge >= 0.3 is 6.18 Å². The van der Waals surface area contributed by atoms with Crippen LogP contribution < -0.4 is 15.0 Å². The molecule has 8 nitrogen and oxygen atoms in total. The van der Waals surface area contributed by atoms with E-state index in [9.17, 15) is 27.2 Å². The van der Waals surface area contributed by atoms with E-state index in [-0.39, 0.29) is 5.91 Å². The van der Waals surface area contributed by atoms with Crippen molar-refractivity contribution in [1.29, 1.82) is 0 Å². The van der Waals surface area contributed by atoms with Gasteiger partial charge in [0.2, 0.25) is 17.7 Å². The lowest BCUT2D eigenvalue weighted by molar-refractivity contribution is -0.136. The zero-order valence-electron chi connectivity index (χ0n) is 18.8. The number of aromatic nitrogens is 3. The molecule has 5 rings (SSSR count). The Morgan fingerprint density at radius 2 is 2.03 bits per heavy atom. The number of hydrogen-bond acceptors (Lipinski definition) is 5. The molecule has 1 spiro atoms. The average Bonchev–Trinajstić information content (AvgIpc) is 3.34. The van der Waals surface area contributed by atoms with Crippen molar-refractivity contribution in [1.82, 2.24) is 20.5 Å². The molecule has 1 aliphatic heterocycles. The number of amides is 2. The Balaban J connectivity index is 0.000000218. The number of methoxy groups -OCH3 is 1. The normalized spacial score (nSPS) is 15.9. The van der Waals surface area contributed by atoms with E-state index in [2.05, 4.69) is 20.5 Å². The molecule has 0 saturated heterocycles. The Hall–Kier alpha value is -3.70. The number of rotatable bonds is 5. The molecule has 0 atom stereocenters. The van der Waals surface area contributed by atoms with Gasteiger partial charge in [-0.1, -0.05) is 12.5 Å². The lowest BCUT2D eigenvalue weighted by atomic mass is 9.65. The molecule has 0 unspecified atom stereocenters. The molecule has 1 aliphatic carbocycles. The Morgan fingerprint density at radius 3 is 2.69 bits per heavy atom. The standard InChI is InChI=1S/C16H16F4N2O2.C7H7N3O/c17-10-3-1-4-11-13(10)15(5-2-6-15)14(24)22(11)9-12(23)21-8-7-16(18,19)20;1-11-7-3-2-5-6(9-7)4-8-10-5/h1,3-4H,2,5-9H2,(H,21,23);2-4H,1H3,(H,8,10). The summed E-state index contributed by atoms with van der Waals surface area (Å²) in [6, 6.07) is 7.97. The van der Waals surface area contributed by atoms with Crippen molar-refractivity contribution in [2.45, 2.75) is 37.3 Å². The summed E-state index contributed by atoms with van der Waals surface area (Å²) in [7, 11) is 1.59. The van der Waals surface area contributed by atoms with Gasteiger partial charge in [-0.3, -0.25) is 14.7 Å². The fraction of sp³-hybridized carbons (Fsp3) is 0.391. The number of nitrogens with zero attached hydrogens (tertiary/aromatic N) is 3. The molecule has 1 saturated carbocycles. The van der Waals surface area contributed by atoms with Crippen LogP contribution in [0.3, 0.4) is 0 Å². The molecule has 0 radical (unpaired) electrons. The number of benzene rings is 1. The summed E-state index contributed by atoms with van der Waals surface area (Å²) in [5.41, 5.74) is 1.48. The van der Waals surface area contributed by atoms with Crippen molar-refractivity contribution in [2.75, 3.05) is 25.1 Å². The first-order chi connectivity index (χ1) is 16.6. The highest BCUT2D eigenvalue weighted by Crippen LogP contribution is 2.54. The molecule has 2 amide bonds. The number of pyridine rings is 1. The molecular weight excluding hydrogens is 470 g/mol. The molecule has 3 aromatic rings. The van der Waals surface area contributed by atoms with E-state index in [1.807, 2.05) is 6.07 Å². The Bertz CT molecular complexity index is 1240. The lowest BCUT2D eigenvalue weighted by Gasteiger charge is -2.37. The molecule has 2 aliphatic rings. The van der Waals surface area contributed by atoms with E-state index < -0.39 is 42.8 Å². The summed E-state index contributed by atoms with van der Waals surface area (Å²) in [6.45, 7) is -0.958. The summed E-state index contributed by atoms with van der Waals surface area (Å²) in [6.07, 6.45) is -1.99. The van der Waals surface area contributed by atoms with Crippen molar-refractivity contribution in [3.8, 4) is 5.88 Å². The molecule has 2 aromatic heterocycles. The first kappa shape index (κ1) is 24.4. The van der Waals surface area contributed by atoms with Crippen LogP contribution in [0.2, 0.25) is 0 Å². The van der Waals surface area contributed by atoms with Crippen molar-refractivity contribution < 1.29 is 31.9 Å². The summed E-state index contributed by atoms with van der Waals surface area (Å²) in [5, 5.41) is 8.79. The number of fused-ring (bicyclic) bond motifs is 3. The number of carbonyl (C=O) groups is 2. The number of carbonyl (C=O) groups excluding carboxylic acids is 2. The zero-order valence-corrected chi connectivity index (χ0v) is 18.8. The van der Waals surface area contributed by atoms with Gasteiger partial charge in [0.15, 0.2) is 0 Å². The van der Waals surface area contributed by atoms with Gasteiger partial charge in [-0.2, -0.15) is 18.3 Å². The Morgan fingerprint density at radius 1 is 1.26 bits per heavy atom. The molecule has 1 aromatic carbocycles. The predicted molar refractivity (Wildman–Crippen MR) is 118 cm³/mol. The highest BCUT2D eigenvalue weighted by molar-refractivity contribution is 6.11. The van der Waals surface area contributed by atoms with E-state index >= 15 is 0 Å². The van der Waals surface area contributed by atoms with Crippen molar-refractivity contribution in [2.24, 2.45) is 0 Å². The summed E-state index contributed by atoms with van der Waals surface area (Å²) < 4.78 is 55.5. The summed E-state index contributed by atoms with van der Waals surface area (Å²) >= 11 is 0. The SMILES string of the molecule is COc1ccc2[nH]ncc2n1.O=C(CN1C(=O)C2(CCC2)c2c(F)cccc21)NCCC(F)(F)F. The highest BCUT2D eigenvalue weighted by atomic mass is 19.4. The van der Waals surface area contributed by atoms with Crippen LogP contribution in [-0.4, -0.2) is 53.4 Å². The second-order valence-corrected chi connectivity index (χ2v) is 8.33. The number of aromatic amines is 1. The van der Waals surface area contributed by atoms with Crippen LogP contribution in [0.5, 0.6) is 5.88 Å². The van der Waals surface area contributed by atoms with Crippen LogP contribution >= 0.6 is 0 Å². The van der Waals surface area contributed by atoms with E-state index in [1.54, 1.807) is 25.4 Å². The summed E-state index contributed by atoms with van der Waals surface area (Å²) in [5.74, 6) is -0.918. The maximum absolute atomic E-state index is 14.2. The molecule has 3 heterocycles. The fourth-order valence-electron chi connectivity index (χ4n) is 4.31. The third-order valence-corrected chi connectivity index (χ3v) is 6.14. The van der Waals surface area contributed by atoms with Crippen LogP contribution in [0.1, 0.15) is 31.2 Å². The zero-order chi connectivity index (χ0) is 25.2. The van der Waals surface area contributed by atoms with E-state index in [1.165, 1.54) is 17.0 Å². The number of halogens is 4. The van der Waals surface area contributed by atoms with E-state index in [0.717, 1.165) is 17.5 Å². The van der Waals surface area contributed by atoms with Gasteiger partial charge in [-0.25, -0.2) is 9.37 Å². The van der Waals surface area contributed by atoms with Crippen LogP contribution in [0.25, 0.3) is 11.0 Å². The number of H-pyrrole nitrogens is 1. The van der Waals surface area contributed by atoms with Gasteiger partial charge in [0.05, 0.1) is 36.3 Å². The Kier molecular flexibility index (Phi) is 6.64. The minimum absolute atomic E-state index is 0.310. The van der Waals surface area contributed by atoms with Crippen molar-refractivity contribution in [3.63, 3.8) is 0 Å². The highest BCUT2D eigenvalue weighted by Gasteiger charge is 2.56. The average molecular weight is 493 g/mol. The molecule has 186 valence electrons. The minimum atomic E-state index is -4.36. The monoisotopic (exact) mass is 493 g/mol. The molecular formula is C23H23F4N5O3. The predicted octanol–water partition coefficient (Wildman–Crippen LogP) is 3.63. The first-order valence-electron chi connectivity index (χ1n) is 10.9. The lowest BCUT2D eigenvalue weighted by Crippen LogP contribution is -2.48. The largest absolute Gasteiger partial charge is 0.481 e. The topological polar surface area (TPSA) is 100 Å². The van der Waals surface area contributed by atoms with Crippen LogP contribution in [0, 0.1) is 5.82 Å². The fourth-order valence-corrected chi connectivity index (χ4v) is 4.31. The van der Waals surface area contributed by atoms with Gasteiger partial charge in [0.1, 0.15) is 17.9 Å². The number of ether oxygens (including phenoxy) is 1. The molecule has 0 bridgehead atoms. The maximum atomic E-state index is 14.2. The number of nitrogens with one attached hydrogen (secondary N) is 2. The summed E-state index contributed by atoms with van der Waals surface area (Å²) in [4.78, 5) is 29.9. The van der Waals surface area contributed by atoms with Crippen LogP contribution in [0.15, 0.2) is 36.5 Å². The van der Waals surface area contributed by atoms with E-state index in [4.69, 9.17) is 4.74 Å². The molecule has 35 heavy (non-hydrogen) atoms. The third kappa shape index (κ3) is 4.91. The molecule has 12 heteroatoms. The smallest absolute Gasteiger partial charge is 0.390 e. The van der Waals surface area contributed by atoms with Gasteiger partial charge < -0.3 is 15.0 Å². The van der Waals surface area contributed by atoms with Crippen molar-refractivity contribution in [3.05, 3.63) is 47.9 Å². The van der Waals surface area contributed by atoms with E-state index in [0.29, 0.717) is 30.0 Å².